The monoisotopic (exact) mass is 351 g/mol. The Labute approximate surface area is 151 Å². The van der Waals surface area contributed by atoms with Crippen molar-refractivity contribution in [3.63, 3.8) is 0 Å². The number of carbonyl (C=O) groups excluding carboxylic acids is 1. The molecule has 0 unspecified atom stereocenters. The van der Waals surface area contributed by atoms with Crippen molar-refractivity contribution in [1.29, 1.82) is 0 Å². The molecule has 1 aromatic carbocycles. The fraction of sp³-hybridized carbons (Fsp3) is 0.222. The lowest BCUT2D eigenvalue weighted by Crippen LogP contribution is -2.18. The minimum Gasteiger partial charge on any atom is -0.369 e. The number of aromatic nitrogens is 4. The van der Waals surface area contributed by atoms with Crippen LogP contribution in [-0.4, -0.2) is 32.2 Å². The van der Waals surface area contributed by atoms with Crippen molar-refractivity contribution in [3.8, 4) is 0 Å². The fourth-order valence-corrected chi connectivity index (χ4v) is 2.46. The van der Waals surface area contributed by atoms with Gasteiger partial charge in [0, 0.05) is 25.5 Å². The first-order valence-electron chi connectivity index (χ1n) is 8.40. The van der Waals surface area contributed by atoms with Crippen LogP contribution in [0.15, 0.2) is 48.9 Å². The summed E-state index contributed by atoms with van der Waals surface area (Å²) in [4.78, 5) is 20.2. The Morgan fingerprint density at radius 1 is 1.23 bits per heavy atom. The lowest BCUT2D eigenvalue weighted by atomic mass is 10.1. The van der Waals surface area contributed by atoms with E-state index in [1.165, 1.54) is 11.8 Å². The van der Waals surface area contributed by atoms with Crippen LogP contribution in [-0.2, 0) is 13.0 Å². The van der Waals surface area contributed by atoms with Gasteiger partial charge in [0.2, 0.25) is 5.95 Å². The van der Waals surface area contributed by atoms with E-state index in [4.69, 9.17) is 5.73 Å². The van der Waals surface area contributed by atoms with Gasteiger partial charge in [-0.25, -0.2) is 4.98 Å². The molecule has 0 saturated carbocycles. The Kier molecular flexibility index (Phi) is 5.43. The smallest absolute Gasteiger partial charge is 0.254 e. The van der Waals surface area contributed by atoms with E-state index in [2.05, 4.69) is 37.8 Å². The molecule has 0 fully saturated rings. The minimum atomic E-state index is -0.572. The molecule has 0 aliphatic heterocycles. The van der Waals surface area contributed by atoms with Crippen LogP contribution in [0.1, 0.15) is 22.8 Å². The van der Waals surface area contributed by atoms with E-state index in [1.807, 2.05) is 31.3 Å². The number of rotatable bonds is 8. The van der Waals surface area contributed by atoms with Gasteiger partial charge in [0.25, 0.3) is 5.91 Å². The molecular formula is C18H21N7O. The quantitative estimate of drug-likeness (QED) is 0.574. The summed E-state index contributed by atoms with van der Waals surface area (Å²) in [5.41, 5.74) is 7.65. The van der Waals surface area contributed by atoms with Crippen molar-refractivity contribution in [1.82, 2.24) is 19.7 Å². The molecule has 8 nitrogen and oxygen atoms in total. The Bertz CT molecular complexity index is 876. The highest BCUT2D eigenvalue weighted by molar-refractivity contribution is 5.97. The third-order valence-corrected chi connectivity index (χ3v) is 3.82. The van der Waals surface area contributed by atoms with Crippen molar-refractivity contribution >= 4 is 23.4 Å². The molecule has 0 aliphatic rings. The van der Waals surface area contributed by atoms with E-state index in [0.29, 0.717) is 18.3 Å². The molecule has 3 aromatic rings. The van der Waals surface area contributed by atoms with Crippen LogP contribution < -0.4 is 16.4 Å². The van der Waals surface area contributed by atoms with Crippen LogP contribution in [0, 0.1) is 0 Å². The van der Waals surface area contributed by atoms with Crippen LogP contribution in [0.3, 0.4) is 0 Å². The molecule has 4 N–H and O–H groups in total. The molecule has 0 atom stereocenters. The van der Waals surface area contributed by atoms with Crippen LogP contribution in [0.5, 0.6) is 0 Å². The van der Waals surface area contributed by atoms with Crippen molar-refractivity contribution < 1.29 is 4.79 Å². The Morgan fingerprint density at radius 2 is 2.04 bits per heavy atom. The summed E-state index contributed by atoms with van der Waals surface area (Å²) in [6.07, 6.45) is 5.77. The van der Waals surface area contributed by atoms with E-state index in [9.17, 15) is 4.79 Å². The van der Waals surface area contributed by atoms with E-state index >= 15 is 0 Å². The third kappa shape index (κ3) is 4.35. The predicted molar refractivity (Wildman–Crippen MR) is 100 cm³/mol. The Balaban J connectivity index is 1.72. The third-order valence-electron chi connectivity index (χ3n) is 3.82. The largest absolute Gasteiger partial charge is 0.369 e. The number of hydrogen-bond donors (Lipinski definition) is 3. The molecule has 2 aromatic heterocycles. The maximum absolute atomic E-state index is 11.6. The van der Waals surface area contributed by atoms with Crippen molar-refractivity contribution in [2.24, 2.45) is 5.73 Å². The second kappa shape index (κ2) is 8.11. The number of nitrogens with one attached hydrogen (secondary N) is 2. The first-order chi connectivity index (χ1) is 12.7. The molecule has 2 heterocycles. The van der Waals surface area contributed by atoms with Crippen LogP contribution in [0.4, 0.5) is 17.5 Å². The highest BCUT2D eigenvalue weighted by atomic mass is 16.1. The zero-order valence-electron chi connectivity index (χ0n) is 14.5. The number of anilines is 3. The van der Waals surface area contributed by atoms with Gasteiger partial charge in [0.15, 0.2) is 0 Å². The van der Waals surface area contributed by atoms with Crippen LogP contribution in [0.2, 0.25) is 0 Å². The van der Waals surface area contributed by atoms with Crippen LogP contribution >= 0.6 is 0 Å². The molecule has 26 heavy (non-hydrogen) atoms. The molecule has 0 radical (unpaired) electrons. The van der Waals surface area contributed by atoms with Gasteiger partial charge in [-0.2, -0.15) is 10.1 Å². The SMILES string of the molecule is CCn1cc(Nc2ncc(C(N)=O)c(NCCc3ccccc3)n2)cn1. The van der Waals surface area contributed by atoms with Gasteiger partial charge in [0.05, 0.1) is 17.4 Å². The summed E-state index contributed by atoms with van der Waals surface area (Å²) in [6, 6.07) is 10.1. The fourth-order valence-electron chi connectivity index (χ4n) is 2.46. The predicted octanol–water partition coefficient (Wildman–Crippen LogP) is 2.19. The molecule has 0 bridgehead atoms. The number of benzene rings is 1. The van der Waals surface area contributed by atoms with Gasteiger partial charge in [-0.1, -0.05) is 30.3 Å². The summed E-state index contributed by atoms with van der Waals surface area (Å²) < 4.78 is 1.79. The topological polar surface area (TPSA) is 111 Å². The molecule has 0 spiro atoms. The summed E-state index contributed by atoms with van der Waals surface area (Å²) in [5, 5.41) is 10.4. The zero-order valence-corrected chi connectivity index (χ0v) is 14.5. The minimum absolute atomic E-state index is 0.257. The van der Waals surface area contributed by atoms with Gasteiger partial charge in [-0.15, -0.1) is 0 Å². The van der Waals surface area contributed by atoms with Gasteiger partial charge >= 0.3 is 0 Å². The van der Waals surface area contributed by atoms with Crippen molar-refractivity contribution in [3.05, 3.63) is 60.0 Å². The second-order valence-electron chi connectivity index (χ2n) is 5.69. The molecular weight excluding hydrogens is 330 g/mol. The normalized spacial score (nSPS) is 10.5. The van der Waals surface area contributed by atoms with E-state index in [-0.39, 0.29) is 5.56 Å². The number of aryl methyl sites for hydroxylation is 1. The summed E-state index contributed by atoms with van der Waals surface area (Å²) >= 11 is 0. The maximum Gasteiger partial charge on any atom is 0.254 e. The Morgan fingerprint density at radius 3 is 2.73 bits per heavy atom. The van der Waals surface area contributed by atoms with E-state index in [1.54, 1.807) is 10.9 Å². The number of amides is 1. The second-order valence-corrected chi connectivity index (χ2v) is 5.69. The zero-order chi connectivity index (χ0) is 18.4. The highest BCUT2D eigenvalue weighted by Gasteiger charge is 2.12. The molecule has 8 heteroatoms. The lowest BCUT2D eigenvalue weighted by Gasteiger charge is -2.11. The van der Waals surface area contributed by atoms with Crippen molar-refractivity contribution in [2.75, 3.05) is 17.2 Å². The van der Waals surface area contributed by atoms with Gasteiger partial charge < -0.3 is 16.4 Å². The molecule has 0 aliphatic carbocycles. The number of nitrogens with two attached hydrogens (primary N) is 1. The number of carbonyl (C=O) groups is 1. The number of primary amides is 1. The standard InChI is InChI=1S/C18H21N7O/c1-2-25-12-14(10-22-25)23-18-21-11-15(16(19)26)17(24-18)20-9-8-13-6-4-3-5-7-13/h3-7,10-12H,2,8-9H2,1H3,(H2,19,26)(H2,20,21,23,24). The highest BCUT2D eigenvalue weighted by Crippen LogP contribution is 2.17. The summed E-state index contributed by atoms with van der Waals surface area (Å²) in [7, 11) is 0. The van der Waals surface area contributed by atoms with E-state index in [0.717, 1.165) is 18.7 Å². The first kappa shape index (κ1) is 17.4. The number of hydrogen-bond acceptors (Lipinski definition) is 6. The average Bonchev–Trinajstić information content (AvgIpc) is 3.10. The number of nitrogens with zero attached hydrogens (tertiary/aromatic N) is 4. The average molecular weight is 351 g/mol. The molecule has 134 valence electrons. The van der Waals surface area contributed by atoms with Gasteiger partial charge in [-0.05, 0) is 18.9 Å². The lowest BCUT2D eigenvalue weighted by molar-refractivity contribution is 0.100. The Hall–Kier alpha value is -3.42. The van der Waals surface area contributed by atoms with Crippen molar-refractivity contribution in [2.45, 2.75) is 19.9 Å². The molecule has 0 saturated heterocycles. The maximum atomic E-state index is 11.6. The summed E-state index contributed by atoms with van der Waals surface area (Å²) in [5.74, 6) is 0.208. The van der Waals surface area contributed by atoms with E-state index < -0.39 is 5.91 Å². The molecule has 1 amide bonds. The van der Waals surface area contributed by atoms with Crippen LogP contribution in [0.25, 0.3) is 0 Å². The summed E-state index contributed by atoms with van der Waals surface area (Å²) in [6.45, 7) is 3.40. The molecule has 3 rings (SSSR count). The first-order valence-corrected chi connectivity index (χ1v) is 8.40. The van der Waals surface area contributed by atoms with Gasteiger partial charge in [-0.3, -0.25) is 9.48 Å². The van der Waals surface area contributed by atoms with Gasteiger partial charge in [0.1, 0.15) is 5.82 Å².